The minimum absolute atomic E-state index is 0.136. The second-order valence-electron chi connectivity index (χ2n) is 6.45. The summed E-state index contributed by atoms with van der Waals surface area (Å²) in [6, 6.07) is 13.4. The Morgan fingerprint density at radius 3 is 2.26 bits per heavy atom. The predicted octanol–water partition coefficient (Wildman–Crippen LogP) is 1.56. The number of halogens is 1. The summed E-state index contributed by atoms with van der Waals surface area (Å²) in [5, 5.41) is 0. The third-order valence-corrected chi connectivity index (χ3v) is 7.32. The van der Waals surface area contributed by atoms with Crippen LogP contribution in [-0.2, 0) is 16.6 Å². The summed E-state index contributed by atoms with van der Waals surface area (Å²) < 4.78 is 39.1. The first-order valence-electron chi connectivity index (χ1n) is 8.75. The lowest BCUT2D eigenvalue weighted by atomic mass is 10.2. The van der Waals surface area contributed by atoms with Crippen LogP contribution in [0, 0.1) is 0 Å². The second-order valence-corrected chi connectivity index (χ2v) is 9.21. The summed E-state index contributed by atoms with van der Waals surface area (Å²) in [5.41, 5.74) is 1.27. The van der Waals surface area contributed by atoms with Crippen molar-refractivity contribution in [3.05, 3.63) is 52.5 Å². The van der Waals surface area contributed by atoms with Gasteiger partial charge in [-0.2, -0.15) is 4.31 Å². The zero-order valence-electron chi connectivity index (χ0n) is 15.4. The minimum Gasteiger partial charge on any atom is -0.496 e. The maximum absolute atomic E-state index is 13.2. The predicted molar refractivity (Wildman–Crippen MR) is 107 cm³/mol. The molecule has 1 heterocycles. The molecule has 1 aliphatic rings. The zero-order chi connectivity index (χ0) is 19.4. The van der Waals surface area contributed by atoms with Crippen LogP contribution in [0.2, 0.25) is 0 Å². The van der Waals surface area contributed by atoms with E-state index in [0.717, 1.165) is 19.6 Å². The molecule has 2 aromatic carbocycles. The maximum Gasteiger partial charge on any atom is 0.247 e. The van der Waals surface area contributed by atoms with Gasteiger partial charge in [-0.3, -0.25) is 0 Å². The molecule has 2 aromatic rings. The van der Waals surface area contributed by atoms with Crippen LogP contribution in [-0.4, -0.2) is 53.1 Å². The van der Waals surface area contributed by atoms with Crippen molar-refractivity contribution in [3.8, 4) is 11.5 Å². The number of piperazine rings is 1. The number of hydrogen-bond donors (Lipinski definition) is 1. The Hall–Kier alpha value is -1.61. The molecule has 3 rings (SSSR count). The smallest absolute Gasteiger partial charge is 0.247 e. The number of sulfonamides is 1. The fourth-order valence-electron chi connectivity index (χ4n) is 3.28. The van der Waals surface area contributed by atoms with Gasteiger partial charge in [0.1, 0.15) is 22.9 Å². The number of benzene rings is 2. The van der Waals surface area contributed by atoms with E-state index >= 15 is 0 Å². The quantitative estimate of drug-likeness (QED) is 0.717. The number of hydrogen-bond acceptors (Lipinski definition) is 4. The van der Waals surface area contributed by atoms with Crippen LogP contribution < -0.4 is 14.4 Å². The maximum atomic E-state index is 13.2. The molecule has 6 nitrogen and oxygen atoms in total. The third-order valence-electron chi connectivity index (χ3n) is 4.78. The normalized spacial score (nSPS) is 16.3. The van der Waals surface area contributed by atoms with E-state index in [1.807, 2.05) is 18.2 Å². The molecule has 0 amide bonds. The minimum atomic E-state index is -3.66. The second kappa shape index (κ2) is 8.60. The van der Waals surface area contributed by atoms with Gasteiger partial charge in [0.05, 0.1) is 44.9 Å². The molecule has 0 spiro atoms. The SMILES string of the molecule is COc1cc(S(=O)(=O)N2CC[NH+](Cc3ccccc3)CC2)c(OC)cc1Br. The van der Waals surface area contributed by atoms with Crippen molar-refractivity contribution in [2.24, 2.45) is 0 Å². The monoisotopic (exact) mass is 455 g/mol. The summed E-state index contributed by atoms with van der Waals surface area (Å²) in [5.74, 6) is 0.768. The standard InChI is InChI=1S/C19H23BrN2O4S/c1-25-17-13-19(18(26-2)12-16(17)20)27(23,24)22-10-8-21(9-11-22)14-15-6-4-3-5-7-15/h3-7,12-13H,8-11,14H2,1-2H3/p+1. The van der Waals surface area contributed by atoms with Crippen LogP contribution >= 0.6 is 15.9 Å². The first-order chi connectivity index (χ1) is 13.0. The zero-order valence-corrected chi connectivity index (χ0v) is 17.8. The molecule has 0 saturated carbocycles. The highest BCUT2D eigenvalue weighted by Crippen LogP contribution is 2.36. The molecule has 1 fully saturated rings. The Morgan fingerprint density at radius 1 is 1.04 bits per heavy atom. The number of nitrogens with zero attached hydrogens (tertiary/aromatic N) is 1. The highest BCUT2D eigenvalue weighted by Gasteiger charge is 2.33. The van der Waals surface area contributed by atoms with E-state index in [1.54, 1.807) is 6.07 Å². The van der Waals surface area contributed by atoms with E-state index in [4.69, 9.17) is 9.47 Å². The van der Waals surface area contributed by atoms with E-state index in [2.05, 4.69) is 28.1 Å². The van der Waals surface area contributed by atoms with E-state index in [0.29, 0.717) is 29.1 Å². The first kappa shape index (κ1) is 20.1. The van der Waals surface area contributed by atoms with Crippen LogP contribution in [0.4, 0.5) is 0 Å². The summed E-state index contributed by atoms with van der Waals surface area (Å²) in [7, 11) is -0.680. The Bertz CT molecular complexity index is 882. The Labute approximate surface area is 168 Å². The molecule has 1 aliphatic heterocycles. The summed E-state index contributed by atoms with van der Waals surface area (Å²) in [6.45, 7) is 3.40. The van der Waals surface area contributed by atoms with Crippen molar-refractivity contribution in [1.82, 2.24) is 4.31 Å². The third kappa shape index (κ3) is 4.45. The van der Waals surface area contributed by atoms with Crippen molar-refractivity contribution in [2.45, 2.75) is 11.4 Å². The lowest BCUT2D eigenvalue weighted by molar-refractivity contribution is -0.917. The first-order valence-corrected chi connectivity index (χ1v) is 11.0. The van der Waals surface area contributed by atoms with E-state index in [-0.39, 0.29) is 4.90 Å². The van der Waals surface area contributed by atoms with E-state index in [1.165, 1.54) is 35.1 Å². The summed E-state index contributed by atoms with van der Waals surface area (Å²) >= 11 is 3.37. The van der Waals surface area contributed by atoms with Crippen LogP contribution in [0.5, 0.6) is 11.5 Å². The Balaban J connectivity index is 1.75. The molecule has 27 heavy (non-hydrogen) atoms. The average molecular weight is 456 g/mol. The number of methoxy groups -OCH3 is 2. The number of nitrogens with one attached hydrogen (secondary N) is 1. The number of ether oxygens (including phenoxy) is 2. The lowest BCUT2D eigenvalue weighted by Gasteiger charge is -2.32. The molecule has 0 aliphatic carbocycles. The van der Waals surface area contributed by atoms with Crippen LogP contribution in [0.1, 0.15) is 5.56 Å². The van der Waals surface area contributed by atoms with Gasteiger partial charge < -0.3 is 14.4 Å². The highest BCUT2D eigenvalue weighted by molar-refractivity contribution is 9.10. The molecule has 0 unspecified atom stereocenters. The van der Waals surface area contributed by atoms with E-state index < -0.39 is 10.0 Å². The Kier molecular flexibility index (Phi) is 6.41. The average Bonchev–Trinajstić information content (AvgIpc) is 2.68. The molecule has 0 bridgehead atoms. The van der Waals surface area contributed by atoms with Gasteiger partial charge in [0.2, 0.25) is 10.0 Å². The molecule has 0 atom stereocenters. The van der Waals surface area contributed by atoms with Crippen LogP contribution in [0.15, 0.2) is 51.8 Å². The topological polar surface area (TPSA) is 60.3 Å². The molecule has 8 heteroatoms. The molecular weight excluding hydrogens is 432 g/mol. The fourth-order valence-corrected chi connectivity index (χ4v) is 5.36. The summed E-state index contributed by atoms with van der Waals surface area (Å²) in [4.78, 5) is 1.52. The van der Waals surface area contributed by atoms with Crippen molar-refractivity contribution >= 4 is 26.0 Å². The number of rotatable bonds is 6. The van der Waals surface area contributed by atoms with E-state index in [9.17, 15) is 8.42 Å². The van der Waals surface area contributed by atoms with Gasteiger partial charge in [-0.1, -0.05) is 30.3 Å². The molecule has 1 N–H and O–H groups in total. The van der Waals surface area contributed by atoms with Gasteiger partial charge >= 0.3 is 0 Å². The summed E-state index contributed by atoms with van der Waals surface area (Å²) in [6.07, 6.45) is 0. The van der Waals surface area contributed by atoms with Gasteiger partial charge in [-0.15, -0.1) is 0 Å². The number of quaternary nitrogens is 1. The lowest BCUT2D eigenvalue weighted by Crippen LogP contribution is -3.13. The molecule has 0 radical (unpaired) electrons. The van der Waals surface area contributed by atoms with Gasteiger partial charge in [-0.05, 0) is 22.0 Å². The molecular formula is C19H24BrN2O4S+. The van der Waals surface area contributed by atoms with Crippen molar-refractivity contribution < 1.29 is 22.8 Å². The van der Waals surface area contributed by atoms with Crippen molar-refractivity contribution in [3.63, 3.8) is 0 Å². The highest BCUT2D eigenvalue weighted by atomic mass is 79.9. The van der Waals surface area contributed by atoms with Crippen molar-refractivity contribution in [1.29, 1.82) is 0 Å². The molecule has 0 aromatic heterocycles. The van der Waals surface area contributed by atoms with Gasteiger partial charge in [0.15, 0.2) is 0 Å². The van der Waals surface area contributed by atoms with Crippen LogP contribution in [0.25, 0.3) is 0 Å². The Morgan fingerprint density at radius 2 is 1.67 bits per heavy atom. The van der Waals surface area contributed by atoms with Crippen molar-refractivity contribution in [2.75, 3.05) is 40.4 Å². The molecule has 146 valence electrons. The fraction of sp³-hybridized carbons (Fsp3) is 0.368. The van der Waals surface area contributed by atoms with Gasteiger partial charge in [-0.25, -0.2) is 8.42 Å². The molecule has 1 saturated heterocycles. The largest absolute Gasteiger partial charge is 0.496 e. The van der Waals surface area contributed by atoms with Crippen LogP contribution in [0.3, 0.4) is 0 Å². The van der Waals surface area contributed by atoms with Gasteiger partial charge in [0, 0.05) is 11.6 Å². The van der Waals surface area contributed by atoms with Gasteiger partial charge in [0.25, 0.3) is 0 Å².